The Labute approximate surface area is 138 Å². The van der Waals surface area contributed by atoms with Crippen LogP contribution in [0, 0.1) is 0 Å². The van der Waals surface area contributed by atoms with E-state index in [2.05, 4.69) is 30.6 Å². The molecule has 2 aromatic rings. The second-order valence-corrected chi connectivity index (χ2v) is 6.81. The van der Waals surface area contributed by atoms with E-state index in [4.69, 9.17) is 0 Å². The highest BCUT2D eigenvalue weighted by Crippen LogP contribution is 2.34. The molecule has 2 heterocycles. The van der Waals surface area contributed by atoms with Crippen molar-refractivity contribution in [3.05, 3.63) is 40.6 Å². The molecule has 6 nitrogen and oxygen atoms in total. The Morgan fingerprint density at radius 1 is 1.36 bits per heavy atom. The number of fused-ring (bicyclic) bond motifs is 1. The predicted molar refractivity (Wildman–Crippen MR) is 87.9 cm³/mol. The van der Waals surface area contributed by atoms with Crippen molar-refractivity contribution in [2.75, 3.05) is 16.2 Å². The van der Waals surface area contributed by atoms with Gasteiger partial charge in [0.2, 0.25) is 11.9 Å². The number of carbonyl (C=O) groups is 1. The second kappa shape index (κ2) is 6.13. The van der Waals surface area contributed by atoms with Crippen molar-refractivity contribution in [3.63, 3.8) is 0 Å². The van der Waals surface area contributed by atoms with Gasteiger partial charge in [-0.2, -0.15) is 0 Å². The summed E-state index contributed by atoms with van der Waals surface area (Å²) in [7, 11) is -1.53. The molecule has 0 bridgehead atoms. The van der Waals surface area contributed by atoms with Gasteiger partial charge in [0, 0.05) is 36.0 Å². The Kier molecular flexibility index (Phi) is 4.21. The normalized spacial score (nSPS) is 14.5. The molecule has 3 rings (SSSR count). The molecule has 1 aliphatic heterocycles. The molecule has 1 atom stereocenters. The van der Waals surface area contributed by atoms with E-state index in [0.717, 1.165) is 22.1 Å². The van der Waals surface area contributed by atoms with E-state index in [1.54, 1.807) is 29.4 Å². The van der Waals surface area contributed by atoms with E-state index in [1.807, 2.05) is 6.07 Å². The number of benzene rings is 1. The minimum Gasteiger partial charge on any atom is -0.312 e. The molecule has 0 fully saturated rings. The van der Waals surface area contributed by atoms with E-state index in [0.29, 0.717) is 11.4 Å². The molecule has 0 saturated heterocycles. The summed E-state index contributed by atoms with van der Waals surface area (Å²) in [5.41, 5.74) is 1.88. The molecule has 0 aliphatic carbocycles. The lowest BCUT2D eigenvalue weighted by Gasteiger charge is -2.16. The Morgan fingerprint density at radius 2 is 2.09 bits per heavy atom. The summed E-state index contributed by atoms with van der Waals surface area (Å²) < 4.78 is 16.0. The maximum Gasteiger partial charge on any atom is 0.234 e. The second-order valence-electron chi connectivity index (χ2n) is 4.78. The number of carbonyl (C=O) groups excluding carboxylic acids is 1. The molecule has 1 aromatic heterocycles. The molecule has 114 valence electrons. The highest BCUT2D eigenvalue weighted by molar-refractivity contribution is 9.10. The van der Waals surface area contributed by atoms with Gasteiger partial charge in [0.25, 0.3) is 0 Å². The summed E-state index contributed by atoms with van der Waals surface area (Å²) in [5, 5.41) is 0. The van der Waals surface area contributed by atoms with Gasteiger partial charge in [-0.25, -0.2) is 14.2 Å². The van der Waals surface area contributed by atoms with Crippen molar-refractivity contribution < 1.29 is 9.00 Å². The number of anilines is 2. The Morgan fingerprint density at radius 3 is 2.77 bits per heavy atom. The van der Waals surface area contributed by atoms with Crippen molar-refractivity contribution in [3.8, 4) is 0 Å². The zero-order chi connectivity index (χ0) is 15.7. The van der Waals surface area contributed by atoms with E-state index >= 15 is 0 Å². The number of halogens is 1. The highest BCUT2D eigenvalue weighted by atomic mass is 79.9. The fraction of sp³-hybridized carbons (Fsp3) is 0.214. The lowest BCUT2D eigenvalue weighted by atomic mass is 10.2. The van der Waals surface area contributed by atoms with Gasteiger partial charge in [0.15, 0.2) is 11.0 Å². The van der Waals surface area contributed by atoms with Crippen LogP contribution in [-0.4, -0.2) is 26.6 Å². The third-order valence-corrected chi connectivity index (χ3v) is 5.38. The maximum absolute atomic E-state index is 12.5. The Hall–Kier alpha value is -1.80. The van der Waals surface area contributed by atoms with Crippen molar-refractivity contribution >= 4 is 44.5 Å². The molecule has 8 heteroatoms. The Bertz CT molecular complexity index is 754. The van der Waals surface area contributed by atoms with Gasteiger partial charge in [-0.3, -0.25) is 9.52 Å². The van der Waals surface area contributed by atoms with Crippen LogP contribution >= 0.6 is 15.9 Å². The number of nitrogens with zero attached hydrogens (tertiary/aromatic N) is 3. The zero-order valence-electron chi connectivity index (χ0n) is 11.7. The van der Waals surface area contributed by atoms with Gasteiger partial charge in [0.1, 0.15) is 0 Å². The van der Waals surface area contributed by atoms with E-state index in [9.17, 15) is 9.00 Å². The molecule has 22 heavy (non-hydrogen) atoms. The molecule has 1 aliphatic rings. The molecule has 1 aromatic carbocycles. The number of hydrogen-bond donors (Lipinski definition) is 1. The third kappa shape index (κ3) is 2.89. The zero-order valence-corrected chi connectivity index (χ0v) is 14.1. The van der Waals surface area contributed by atoms with Crippen molar-refractivity contribution in [1.29, 1.82) is 0 Å². The first-order valence-electron chi connectivity index (χ1n) is 6.62. The third-order valence-electron chi connectivity index (χ3n) is 3.36. The van der Waals surface area contributed by atoms with Crippen LogP contribution in [0.5, 0.6) is 0 Å². The molecule has 1 N–H and O–H groups in total. The average molecular weight is 381 g/mol. The highest BCUT2D eigenvalue weighted by Gasteiger charge is 2.25. The summed E-state index contributed by atoms with van der Waals surface area (Å²) in [6, 6.07) is 5.38. The van der Waals surface area contributed by atoms with Crippen molar-refractivity contribution in [2.45, 2.75) is 18.2 Å². The van der Waals surface area contributed by atoms with E-state index < -0.39 is 11.0 Å². The number of rotatable bonds is 3. The van der Waals surface area contributed by atoms with Gasteiger partial charge < -0.3 is 4.90 Å². The van der Waals surface area contributed by atoms with Crippen LogP contribution in [0.2, 0.25) is 0 Å². The van der Waals surface area contributed by atoms with Gasteiger partial charge in [-0.15, -0.1) is 0 Å². The van der Waals surface area contributed by atoms with Gasteiger partial charge in [0.05, 0.1) is 4.90 Å². The largest absolute Gasteiger partial charge is 0.312 e. The lowest BCUT2D eigenvalue weighted by Crippen LogP contribution is -2.25. The van der Waals surface area contributed by atoms with Crippen LogP contribution in [0.1, 0.15) is 12.5 Å². The first-order valence-corrected chi connectivity index (χ1v) is 8.56. The van der Waals surface area contributed by atoms with Crippen LogP contribution in [0.15, 0.2) is 40.0 Å². The van der Waals surface area contributed by atoms with Crippen molar-refractivity contribution in [1.82, 2.24) is 9.97 Å². The van der Waals surface area contributed by atoms with Gasteiger partial charge >= 0.3 is 0 Å². The monoisotopic (exact) mass is 380 g/mol. The van der Waals surface area contributed by atoms with Crippen LogP contribution < -0.4 is 9.62 Å². The minimum absolute atomic E-state index is 0.0165. The summed E-state index contributed by atoms with van der Waals surface area (Å²) in [5.74, 6) is 0.272. The molecular weight excluding hydrogens is 368 g/mol. The quantitative estimate of drug-likeness (QED) is 0.885. The van der Waals surface area contributed by atoms with E-state index in [1.165, 1.54) is 6.92 Å². The first kappa shape index (κ1) is 15.1. The smallest absolute Gasteiger partial charge is 0.234 e. The predicted octanol–water partition coefficient (Wildman–Crippen LogP) is 2.28. The number of nitrogens with one attached hydrogen (secondary N) is 1. The molecule has 0 spiro atoms. The fourth-order valence-corrected chi connectivity index (χ4v) is 4.01. The van der Waals surface area contributed by atoms with E-state index in [-0.39, 0.29) is 11.9 Å². The standard InChI is InChI=1S/C14H13BrN4O2S/c1-9(20)19-6-3-10-7-11(15)13(8-12(10)19)22(21)18-14-16-4-2-5-17-14/h2,4-5,7-8H,3,6H2,1H3,(H,16,17,18). The van der Waals surface area contributed by atoms with Crippen LogP contribution in [0.4, 0.5) is 11.6 Å². The molecule has 0 radical (unpaired) electrons. The summed E-state index contributed by atoms with van der Waals surface area (Å²) in [4.78, 5) is 21.9. The van der Waals surface area contributed by atoms with Crippen LogP contribution in [-0.2, 0) is 22.2 Å². The van der Waals surface area contributed by atoms with Crippen molar-refractivity contribution in [2.24, 2.45) is 0 Å². The molecular formula is C14H13BrN4O2S. The Balaban J connectivity index is 1.93. The summed E-state index contributed by atoms with van der Waals surface area (Å²) in [6.07, 6.45) is 3.94. The SMILES string of the molecule is CC(=O)N1CCc2cc(Br)c(S(=O)Nc3ncccn3)cc21. The van der Waals surface area contributed by atoms with Gasteiger partial charge in [-0.1, -0.05) is 0 Å². The molecule has 1 unspecified atom stereocenters. The van der Waals surface area contributed by atoms with Crippen LogP contribution in [0.25, 0.3) is 0 Å². The first-order chi connectivity index (χ1) is 10.6. The topological polar surface area (TPSA) is 75.2 Å². The summed E-state index contributed by atoms with van der Waals surface area (Å²) >= 11 is 3.44. The average Bonchev–Trinajstić information content (AvgIpc) is 2.90. The van der Waals surface area contributed by atoms with Crippen LogP contribution in [0.3, 0.4) is 0 Å². The van der Waals surface area contributed by atoms with Gasteiger partial charge in [-0.05, 0) is 46.1 Å². The number of amides is 1. The number of hydrogen-bond acceptors (Lipinski definition) is 4. The fourth-order valence-electron chi connectivity index (χ4n) is 2.35. The molecule has 0 saturated carbocycles. The number of aromatic nitrogens is 2. The lowest BCUT2D eigenvalue weighted by molar-refractivity contribution is -0.116. The maximum atomic E-state index is 12.5. The summed E-state index contributed by atoms with van der Waals surface area (Å²) in [6.45, 7) is 2.19. The minimum atomic E-state index is -1.53. The molecule has 1 amide bonds.